The van der Waals surface area contributed by atoms with Crippen LogP contribution in [-0.2, 0) is 6.42 Å². The number of quaternary nitrogens is 2. The van der Waals surface area contributed by atoms with Gasteiger partial charge in [0.15, 0.2) is 0 Å². The molecule has 0 aliphatic rings. The summed E-state index contributed by atoms with van der Waals surface area (Å²) >= 11 is 0. The van der Waals surface area contributed by atoms with Crippen molar-refractivity contribution >= 4 is 11.4 Å². The van der Waals surface area contributed by atoms with E-state index in [1.807, 2.05) is 48.5 Å². The van der Waals surface area contributed by atoms with Crippen LogP contribution in [0.1, 0.15) is 11.1 Å². The summed E-state index contributed by atoms with van der Waals surface area (Å²) in [5, 5.41) is 38.2. The van der Waals surface area contributed by atoms with Crippen LogP contribution >= 0.6 is 0 Å². The van der Waals surface area contributed by atoms with Crippen LogP contribution in [0.2, 0.25) is 0 Å². The first-order valence-corrected chi connectivity index (χ1v) is 9.99. The predicted octanol–water partition coefficient (Wildman–Crippen LogP) is 2.60. The molecule has 6 heteroatoms. The van der Waals surface area contributed by atoms with Crippen molar-refractivity contribution in [2.45, 2.75) is 6.42 Å². The Hall–Kier alpha value is -3.48. The molecule has 0 saturated heterocycles. The van der Waals surface area contributed by atoms with Crippen molar-refractivity contribution in [2.75, 3.05) is 26.2 Å². The maximum Gasteiger partial charge on any atom is 0.140 e. The average molecular weight is 425 g/mol. The van der Waals surface area contributed by atoms with Gasteiger partial charge in [-0.2, -0.15) is 0 Å². The van der Waals surface area contributed by atoms with Gasteiger partial charge in [0.2, 0.25) is 0 Å². The largest absolute Gasteiger partial charge is 0.507 e. The lowest BCUT2D eigenvalue weighted by Crippen LogP contribution is -3.07. The first-order chi connectivity index (χ1) is 14.6. The molecule has 6 nitrogen and oxygen atoms in total. The van der Waals surface area contributed by atoms with E-state index in [9.17, 15) is 20.4 Å². The van der Waals surface area contributed by atoms with Gasteiger partial charge in [-0.3, -0.25) is 9.80 Å². The molecule has 0 aromatic heterocycles. The van der Waals surface area contributed by atoms with Gasteiger partial charge in [-0.1, -0.05) is 50.6 Å². The highest BCUT2D eigenvalue weighted by molar-refractivity contribution is 5.38. The van der Waals surface area contributed by atoms with Gasteiger partial charge in [0.25, 0.3) is 0 Å². The fourth-order valence-corrected chi connectivity index (χ4v) is 3.47. The molecule has 0 bridgehead atoms. The molecule has 0 radical (unpaired) electrons. The van der Waals surface area contributed by atoms with Gasteiger partial charge in [0.05, 0.1) is 0 Å². The van der Waals surface area contributed by atoms with E-state index in [0.29, 0.717) is 26.2 Å². The summed E-state index contributed by atoms with van der Waals surface area (Å²) < 4.78 is 0. The molecular weight excluding hydrogens is 392 g/mol. The minimum atomic E-state index is 0.0473. The Bertz CT molecular complexity index is 823. The van der Waals surface area contributed by atoms with Crippen molar-refractivity contribution < 1.29 is 30.2 Å². The molecule has 0 unspecified atom stereocenters. The van der Waals surface area contributed by atoms with Crippen molar-refractivity contribution in [2.24, 2.45) is 0 Å². The zero-order chi connectivity index (χ0) is 23.0. The minimum Gasteiger partial charge on any atom is -0.507 e. The van der Waals surface area contributed by atoms with Crippen molar-refractivity contribution in [1.82, 2.24) is 0 Å². The van der Waals surface area contributed by atoms with E-state index in [4.69, 9.17) is 0 Å². The Morgan fingerprint density at radius 1 is 0.516 bits per heavy atom. The Morgan fingerprint density at radius 3 is 1.00 bits per heavy atom. The quantitative estimate of drug-likeness (QED) is 0.296. The highest BCUT2D eigenvalue weighted by atomic mass is 16.3. The second-order valence-corrected chi connectivity index (χ2v) is 7.75. The van der Waals surface area contributed by atoms with Gasteiger partial charge in [-0.05, 0) is 41.8 Å². The van der Waals surface area contributed by atoms with Gasteiger partial charge in [-0.15, -0.1) is 0 Å². The summed E-state index contributed by atoms with van der Waals surface area (Å²) in [5.74, 6) is 0.189. The SMILES string of the molecule is C=C(O)C[NH+](CC(=C)O)c1ccc(Cc2ccc([NH+](CC(=C)O)CC(=C)O)cc2)cc1. The van der Waals surface area contributed by atoms with Crippen LogP contribution in [-0.4, -0.2) is 46.6 Å². The fourth-order valence-electron chi connectivity index (χ4n) is 3.47. The summed E-state index contributed by atoms with van der Waals surface area (Å²) in [7, 11) is 0. The molecule has 0 aliphatic heterocycles. The Balaban J connectivity index is 2.10. The Morgan fingerprint density at radius 2 is 0.774 bits per heavy atom. The van der Waals surface area contributed by atoms with E-state index in [-0.39, 0.29) is 23.0 Å². The number of hydrogen-bond donors (Lipinski definition) is 6. The lowest BCUT2D eigenvalue weighted by atomic mass is 10.0. The van der Waals surface area contributed by atoms with Crippen LogP contribution < -0.4 is 9.80 Å². The van der Waals surface area contributed by atoms with E-state index in [1.165, 1.54) is 0 Å². The fraction of sp³-hybridized carbons (Fsp3) is 0.200. The normalized spacial score (nSPS) is 10.9. The Kier molecular flexibility index (Phi) is 8.49. The van der Waals surface area contributed by atoms with E-state index in [0.717, 1.165) is 38.7 Å². The second-order valence-electron chi connectivity index (χ2n) is 7.75. The van der Waals surface area contributed by atoms with Crippen molar-refractivity contribution in [3.63, 3.8) is 0 Å². The first kappa shape index (κ1) is 23.8. The number of nitrogens with one attached hydrogen (secondary N) is 2. The molecule has 0 saturated carbocycles. The maximum absolute atomic E-state index is 9.54. The van der Waals surface area contributed by atoms with Crippen LogP contribution in [0, 0.1) is 0 Å². The molecule has 2 rings (SSSR count). The van der Waals surface area contributed by atoms with Crippen LogP contribution in [0.15, 0.2) is 97.9 Å². The summed E-state index contributed by atoms with van der Waals surface area (Å²) in [6.07, 6.45) is 0.740. The second kappa shape index (κ2) is 11.1. The zero-order valence-electron chi connectivity index (χ0n) is 17.8. The summed E-state index contributed by atoms with van der Waals surface area (Å²) in [5.41, 5.74) is 4.10. The number of hydrogen-bond acceptors (Lipinski definition) is 4. The third-order valence-corrected chi connectivity index (χ3v) is 4.80. The summed E-state index contributed by atoms with van der Waals surface area (Å²) in [6.45, 7) is 15.3. The number of rotatable bonds is 12. The third-order valence-electron chi connectivity index (χ3n) is 4.80. The van der Waals surface area contributed by atoms with Crippen molar-refractivity contribution in [1.29, 1.82) is 0 Å². The molecule has 6 N–H and O–H groups in total. The molecule has 0 aliphatic carbocycles. The topological polar surface area (TPSA) is 89.8 Å². The van der Waals surface area contributed by atoms with Crippen molar-refractivity contribution in [3.05, 3.63) is 109 Å². The van der Waals surface area contributed by atoms with Crippen LogP contribution in [0.5, 0.6) is 0 Å². The van der Waals surface area contributed by atoms with Gasteiger partial charge < -0.3 is 20.4 Å². The maximum atomic E-state index is 9.54. The van der Waals surface area contributed by atoms with E-state index >= 15 is 0 Å². The lowest BCUT2D eigenvalue weighted by molar-refractivity contribution is -0.825. The molecule has 0 amide bonds. The molecule has 0 spiro atoms. The average Bonchev–Trinajstić information content (AvgIpc) is 2.67. The molecule has 2 aromatic rings. The van der Waals surface area contributed by atoms with Crippen LogP contribution in [0.4, 0.5) is 11.4 Å². The highest BCUT2D eigenvalue weighted by Crippen LogP contribution is 2.14. The van der Waals surface area contributed by atoms with Crippen LogP contribution in [0.3, 0.4) is 0 Å². The van der Waals surface area contributed by atoms with E-state index < -0.39 is 0 Å². The number of aliphatic hydroxyl groups is 4. The molecule has 164 valence electrons. The van der Waals surface area contributed by atoms with E-state index in [1.54, 1.807) is 0 Å². The van der Waals surface area contributed by atoms with Crippen LogP contribution in [0.25, 0.3) is 0 Å². The molecule has 0 heterocycles. The zero-order valence-corrected chi connectivity index (χ0v) is 17.8. The molecular formula is C25H32N2O4+2. The summed E-state index contributed by atoms with van der Waals surface area (Å²) in [6, 6.07) is 16.0. The van der Waals surface area contributed by atoms with Crippen molar-refractivity contribution in [3.8, 4) is 0 Å². The van der Waals surface area contributed by atoms with E-state index in [2.05, 4.69) is 26.3 Å². The minimum absolute atomic E-state index is 0.0473. The molecule has 31 heavy (non-hydrogen) atoms. The number of aliphatic hydroxyl groups excluding tert-OH is 4. The van der Waals surface area contributed by atoms with Gasteiger partial charge in [0.1, 0.15) is 60.6 Å². The lowest BCUT2D eigenvalue weighted by Gasteiger charge is -2.18. The summed E-state index contributed by atoms with van der Waals surface area (Å²) in [4.78, 5) is 1.71. The highest BCUT2D eigenvalue weighted by Gasteiger charge is 2.16. The van der Waals surface area contributed by atoms with Gasteiger partial charge in [-0.25, -0.2) is 0 Å². The van der Waals surface area contributed by atoms with Gasteiger partial charge in [0, 0.05) is 0 Å². The monoisotopic (exact) mass is 424 g/mol. The number of benzene rings is 2. The molecule has 0 atom stereocenters. The standard InChI is InChI=1S/C25H30N2O4/c1-18(28)14-26(15-19(2)29)24-9-5-22(6-10-24)13-23-7-11-25(12-8-23)27(16-20(3)30)17-21(4)31/h5-12,28-31H,1-4,13-17H2/p+2. The van der Waals surface area contributed by atoms with Gasteiger partial charge >= 0.3 is 0 Å². The third kappa shape index (κ3) is 8.04. The predicted molar refractivity (Wildman–Crippen MR) is 123 cm³/mol. The molecule has 2 aromatic carbocycles. The first-order valence-electron chi connectivity index (χ1n) is 9.99. The smallest absolute Gasteiger partial charge is 0.140 e. The Labute approximate surface area is 183 Å². The molecule has 0 fully saturated rings.